The fraction of sp³-hybridized carbons (Fsp3) is 0.188. The molecule has 8 heteroatoms. The van der Waals surface area contributed by atoms with Gasteiger partial charge in [0.1, 0.15) is 12.3 Å². The number of sulfonamides is 1. The maximum absolute atomic E-state index is 12.2. The molecule has 2 aromatic rings. The topological polar surface area (TPSA) is 75.7 Å². The van der Waals surface area contributed by atoms with Crippen molar-refractivity contribution in [2.45, 2.75) is 0 Å². The molecule has 1 N–H and O–H groups in total. The van der Waals surface area contributed by atoms with Gasteiger partial charge in [-0.15, -0.1) is 0 Å². The molecule has 2 rings (SSSR count). The molecule has 0 aliphatic carbocycles. The predicted molar refractivity (Wildman–Crippen MR) is 98.0 cm³/mol. The van der Waals surface area contributed by atoms with Gasteiger partial charge in [-0.1, -0.05) is 22.0 Å². The first-order chi connectivity index (χ1) is 11.3. The Morgan fingerprint density at radius 3 is 2.42 bits per heavy atom. The number of nitrogens with zero attached hydrogens (tertiary/aromatic N) is 1. The molecule has 24 heavy (non-hydrogen) atoms. The fourth-order valence-electron chi connectivity index (χ4n) is 2.04. The van der Waals surface area contributed by atoms with Gasteiger partial charge in [0.2, 0.25) is 15.9 Å². The Hall–Kier alpha value is -2.06. The molecule has 0 fully saturated rings. The lowest BCUT2D eigenvalue weighted by molar-refractivity contribution is -0.114. The quantitative estimate of drug-likeness (QED) is 0.791. The summed E-state index contributed by atoms with van der Waals surface area (Å²) in [5, 5.41) is 2.67. The minimum absolute atomic E-state index is 0.318. The number of benzene rings is 2. The largest absolute Gasteiger partial charge is 0.497 e. The van der Waals surface area contributed by atoms with Crippen LogP contribution in [0.15, 0.2) is 53.0 Å². The van der Waals surface area contributed by atoms with Crippen LogP contribution in [0.5, 0.6) is 5.75 Å². The Labute approximate surface area is 149 Å². The zero-order valence-corrected chi connectivity index (χ0v) is 15.6. The van der Waals surface area contributed by atoms with Crippen LogP contribution in [0.4, 0.5) is 11.4 Å². The molecular formula is C16H17BrN2O4S. The molecule has 2 aromatic carbocycles. The molecule has 0 aromatic heterocycles. The number of amides is 1. The second kappa shape index (κ2) is 7.67. The van der Waals surface area contributed by atoms with E-state index in [2.05, 4.69) is 21.2 Å². The third-order valence-corrected chi connectivity index (χ3v) is 4.79. The Morgan fingerprint density at radius 2 is 1.88 bits per heavy atom. The highest BCUT2D eigenvalue weighted by atomic mass is 79.9. The molecule has 0 unspecified atom stereocenters. The summed E-state index contributed by atoms with van der Waals surface area (Å²) in [4.78, 5) is 12.2. The van der Waals surface area contributed by atoms with Crippen molar-refractivity contribution in [2.75, 3.05) is 29.5 Å². The van der Waals surface area contributed by atoms with E-state index in [0.29, 0.717) is 17.1 Å². The average Bonchev–Trinajstić information content (AvgIpc) is 2.52. The number of methoxy groups -OCH3 is 1. The van der Waals surface area contributed by atoms with E-state index in [1.54, 1.807) is 55.6 Å². The molecular weight excluding hydrogens is 396 g/mol. The van der Waals surface area contributed by atoms with Gasteiger partial charge in [0, 0.05) is 10.2 Å². The first kappa shape index (κ1) is 18.3. The van der Waals surface area contributed by atoms with Crippen molar-refractivity contribution in [3.8, 4) is 5.75 Å². The smallest absolute Gasteiger partial charge is 0.245 e. The minimum atomic E-state index is -3.60. The number of anilines is 2. The van der Waals surface area contributed by atoms with Crippen LogP contribution < -0.4 is 14.4 Å². The van der Waals surface area contributed by atoms with Gasteiger partial charge in [-0.2, -0.15) is 0 Å². The Bertz CT molecular complexity index is 822. The fourth-order valence-corrected chi connectivity index (χ4v) is 3.27. The van der Waals surface area contributed by atoms with Crippen molar-refractivity contribution in [1.29, 1.82) is 0 Å². The standard InChI is InChI=1S/C16H17BrN2O4S/c1-23-15-8-6-13(7-9-15)18-16(20)11-19(24(2,21)22)14-5-3-4-12(17)10-14/h3-10H,11H2,1-2H3,(H,18,20). The van der Waals surface area contributed by atoms with Crippen molar-refractivity contribution in [1.82, 2.24) is 0 Å². The van der Waals surface area contributed by atoms with Gasteiger partial charge in [-0.05, 0) is 42.5 Å². The third kappa shape index (κ3) is 4.97. The first-order valence-electron chi connectivity index (χ1n) is 6.97. The van der Waals surface area contributed by atoms with E-state index < -0.39 is 15.9 Å². The van der Waals surface area contributed by atoms with Crippen molar-refractivity contribution < 1.29 is 17.9 Å². The summed E-state index contributed by atoms with van der Waals surface area (Å²) in [5.41, 5.74) is 0.972. The van der Waals surface area contributed by atoms with E-state index in [0.717, 1.165) is 15.0 Å². The number of rotatable bonds is 6. The van der Waals surface area contributed by atoms with E-state index in [4.69, 9.17) is 4.74 Å². The van der Waals surface area contributed by atoms with Crippen LogP contribution in [-0.2, 0) is 14.8 Å². The van der Waals surface area contributed by atoms with Crippen LogP contribution in [0.1, 0.15) is 0 Å². The molecule has 0 spiro atoms. The van der Waals surface area contributed by atoms with E-state index in [1.165, 1.54) is 0 Å². The molecule has 0 saturated heterocycles. The molecule has 0 radical (unpaired) electrons. The van der Waals surface area contributed by atoms with Gasteiger partial charge in [0.15, 0.2) is 0 Å². The van der Waals surface area contributed by atoms with Crippen molar-refractivity contribution in [2.24, 2.45) is 0 Å². The first-order valence-corrected chi connectivity index (χ1v) is 9.61. The number of ether oxygens (including phenoxy) is 1. The monoisotopic (exact) mass is 412 g/mol. The number of carbonyl (C=O) groups excluding carboxylic acids is 1. The van der Waals surface area contributed by atoms with Gasteiger partial charge in [0.25, 0.3) is 0 Å². The lowest BCUT2D eigenvalue weighted by Crippen LogP contribution is -2.37. The van der Waals surface area contributed by atoms with Crippen LogP contribution in [0.25, 0.3) is 0 Å². The van der Waals surface area contributed by atoms with Crippen molar-refractivity contribution in [3.63, 3.8) is 0 Å². The summed E-state index contributed by atoms with van der Waals surface area (Å²) in [5.74, 6) is 0.227. The lowest BCUT2D eigenvalue weighted by Gasteiger charge is -2.22. The molecule has 1 amide bonds. The average molecular weight is 413 g/mol. The summed E-state index contributed by atoms with van der Waals surface area (Å²) in [7, 11) is -2.05. The minimum Gasteiger partial charge on any atom is -0.497 e. The van der Waals surface area contributed by atoms with Crippen molar-refractivity contribution in [3.05, 3.63) is 53.0 Å². The summed E-state index contributed by atoms with van der Waals surface area (Å²) in [6, 6.07) is 13.5. The second-order valence-electron chi connectivity index (χ2n) is 5.03. The van der Waals surface area contributed by atoms with Gasteiger partial charge >= 0.3 is 0 Å². The Morgan fingerprint density at radius 1 is 1.21 bits per heavy atom. The highest BCUT2D eigenvalue weighted by Crippen LogP contribution is 2.22. The SMILES string of the molecule is COc1ccc(NC(=O)CN(c2cccc(Br)c2)S(C)(=O)=O)cc1. The van der Waals surface area contributed by atoms with Crippen LogP contribution in [0.3, 0.4) is 0 Å². The number of nitrogens with one attached hydrogen (secondary N) is 1. The normalized spacial score (nSPS) is 11.0. The Kier molecular flexibility index (Phi) is 5.84. The summed E-state index contributed by atoms with van der Waals surface area (Å²) in [6.07, 6.45) is 1.06. The zero-order valence-electron chi connectivity index (χ0n) is 13.2. The Balaban J connectivity index is 2.15. The van der Waals surface area contributed by atoms with Gasteiger partial charge < -0.3 is 10.1 Å². The summed E-state index contributed by atoms with van der Waals surface area (Å²) >= 11 is 3.30. The number of halogens is 1. The number of carbonyl (C=O) groups is 1. The molecule has 128 valence electrons. The molecule has 0 aliphatic rings. The van der Waals surface area contributed by atoms with Crippen LogP contribution in [0, 0.1) is 0 Å². The predicted octanol–water partition coefficient (Wildman–Crippen LogP) is 2.86. The molecule has 0 aliphatic heterocycles. The van der Waals surface area contributed by atoms with Gasteiger partial charge in [0.05, 0.1) is 19.1 Å². The summed E-state index contributed by atoms with van der Waals surface area (Å²) < 4.78 is 30.9. The van der Waals surface area contributed by atoms with Crippen molar-refractivity contribution >= 4 is 43.2 Å². The highest BCUT2D eigenvalue weighted by Gasteiger charge is 2.21. The van der Waals surface area contributed by atoms with E-state index in [-0.39, 0.29) is 6.54 Å². The maximum Gasteiger partial charge on any atom is 0.245 e. The molecule has 0 bridgehead atoms. The molecule has 0 saturated carbocycles. The van der Waals surface area contributed by atoms with Gasteiger partial charge in [-0.25, -0.2) is 8.42 Å². The molecule has 0 heterocycles. The zero-order chi connectivity index (χ0) is 17.7. The van der Waals surface area contributed by atoms with E-state index in [9.17, 15) is 13.2 Å². The van der Waals surface area contributed by atoms with E-state index in [1.807, 2.05) is 0 Å². The highest BCUT2D eigenvalue weighted by molar-refractivity contribution is 9.10. The van der Waals surface area contributed by atoms with Crippen LogP contribution in [0.2, 0.25) is 0 Å². The van der Waals surface area contributed by atoms with Crippen LogP contribution >= 0.6 is 15.9 Å². The second-order valence-corrected chi connectivity index (χ2v) is 7.85. The number of hydrogen-bond acceptors (Lipinski definition) is 4. The lowest BCUT2D eigenvalue weighted by atomic mass is 10.3. The van der Waals surface area contributed by atoms with Gasteiger partial charge in [-0.3, -0.25) is 9.10 Å². The number of hydrogen-bond donors (Lipinski definition) is 1. The molecule has 6 nitrogen and oxygen atoms in total. The van der Waals surface area contributed by atoms with E-state index >= 15 is 0 Å². The van der Waals surface area contributed by atoms with Crippen LogP contribution in [-0.4, -0.2) is 34.2 Å². The maximum atomic E-state index is 12.2. The summed E-state index contributed by atoms with van der Waals surface area (Å²) in [6.45, 7) is -0.318. The third-order valence-electron chi connectivity index (χ3n) is 3.16. The molecule has 0 atom stereocenters.